The molecule has 2 N–H and O–H groups in total. The van der Waals surface area contributed by atoms with Gasteiger partial charge in [0.25, 0.3) is 0 Å². The Morgan fingerprint density at radius 1 is 1.05 bits per heavy atom. The van der Waals surface area contributed by atoms with Crippen molar-refractivity contribution in [2.45, 2.75) is 95.9 Å². The quantitative estimate of drug-likeness (QED) is 0.520. The molecular weight excluding hydrogens is 526 g/mol. The molecule has 2 amide bonds. The van der Waals surface area contributed by atoms with Crippen LogP contribution in [0.25, 0.3) is 5.69 Å². The van der Waals surface area contributed by atoms with Crippen LogP contribution in [0.5, 0.6) is 0 Å². The van der Waals surface area contributed by atoms with Crippen LogP contribution in [0.3, 0.4) is 0 Å². The number of nitrogens with one attached hydrogen (secondary N) is 1. The number of piperazine rings is 1. The molecule has 0 radical (unpaired) electrons. The minimum absolute atomic E-state index is 0. The standard InChI is InChI=1S/C31H41N5O3.ClH/c1-4-5-18-35-28(37)27(21-30(39)14-10-7-11-15-30)32-29(38)31(35)16-19-34(20-17-31)22-26-23(2)33-36(24(26)3)25-12-8-6-9-13-25;/h6,8-9,12-13,27,39H,7,10-11,14-22H2,1-3H3,(H,32,38);1H/t27-;/m1./s1. The van der Waals surface area contributed by atoms with Gasteiger partial charge in [-0.2, -0.15) is 5.10 Å². The number of nitrogens with zero attached hydrogens (tertiary/aromatic N) is 4. The average molecular weight is 568 g/mol. The Morgan fingerprint density at radius 3 is 2.38 bits per heavy atom. The summed E-state index contributed by atoms with van der Waals surface area (Å²) in [6, 6.07) is 9.45. The van der Waals surface area contributed by atoms with Gasteiger partial charge in [0.2, 0.25) is 11.8 Å². The summed E-state index contributed by atoms with van der Waals surface area (Å²) in [5.41, 5.74) is 2.58. The number of carbonyl (C=O) groups excluding carboxylic acids is 2. The van der Waals surface area contributed by atoms with Crippen molar-refractivity contribution < 1.29 is 14.7 Å². The highest BCUT2D eigenvalue weighted by molar-refractivity contribution is 6.00. The molecule has 1 aliphatic carbocycles. The predicted octanol–water partition coefficient (Wildman–Crippen LogP) is 3.68. The Balaban J connectivity index is 0.00000370. The molecular formula is C31H42ClN5O3. The zero-order valence-electron chi connectivity index (χ0n) is 23.9. The highest BCUT2D eigenvalue weighted by atomic mass is 35.5. The number of carbonyl (C=O) groups is 2. The number of benzene rings is 1. The minimum atomic E-state index is -0.901. The fraction of sp³-hybridized carbons (Fsp3) is 0.581. The van der Waals surface area contributed by atoms with Crippen molar-refractivity contribution in [1.82, 2.24) is 24.9 Å². The fourth-order valence-corrected chi connectivity index (χ4v) is 6.72. The van der Waals surface area contributed by atoms with Gasteiger partial charge in [-0.3, -0.25) is 14.5 Å². The number of aliphatic hydroxyl groups is 1. The summed E-state index contributed by atoms with van der Waals surface area (Å²) in [6.07, 6.45) is 5.77. The molecule has 5 rings (SSSR count). The molecule has 1 aromatic heterocycles. The predicted molar refractivity (Wildman–Crippen MR) is 157 cm³/mol. The van der Waals surface area contributed by atoms with Gasteiger partial charge in [0.05, 0.1) is 23.5 Å². The third-order valence-electron chi connectivity index (χ3n) is 9.10. The Labute approximate surface area is 243 Å². The summed E-state index contributed by atoms with van der Waals surface area (Å²) in [7, 11) is 0. The summed E-state index contributed by atoms with van der Waals surface area (Å²) in [5.74, 6) is 5.73. The normalized spacial score (nSPS) is 22.3. The number of aromatic nitrogens is 2. The SMILES string of the molecule is CC#CCN1C(=O)[C@@H](CC2(O)CCCCC2)NC(=O)C12CCN(Cc1c(C)nn(-c3ccccc3)c1C)CC2.Cl. The molecule has 1 spiro atoms. The van der Waals surface area contributed by atoms with Crippen molar-refractivity contribution in [3.05, 3.63) is 47.3 Å². The molecule has 3 aliphatic rings. The molecule has 1 aromatic carbocycles. The molecule has 0 unspecified atom stereocenters. The van der Waals surface area contributed by atoms with Gasteiger partial charge in [0.15, 0.2) is 0 Å². The Hall–Kier alpha value is -2.86. The van der Waals surface area contributed by atoms with Crippen molar-refractivity contribution in [1.29, 1.82) is 0 Å². The van der Waals surface area contributed by atoms with E-state index in [1.807, 2.05) is 29.8 Å². The molecule has 216 valence electrons. The number of hydrogen-bond donors (Lipinski definition) is 2. The largest absolute Gasteiger partial charge is 0.390 e. The van der Waals surface area contributed by atoms with Gasteiger partial charge < -0.3 is 15.3 Å². The zero-order chi connectivity index (χ0) is 27.6. The highest BCUT2D eigenvalue weighted by Crippen LogP contribution is 2.37. The molecule has 40 heavy (non-hydrogen) atoms. The summed E-state index contributed by atoms with van der Waals surface area (Å²) < 4.78 is 1.99. The second kappa shape index (κ2) is 12.3. The smallest absolute Gasteiger partial charge is 0.246 e. The third-order valence-corrected chi connectivity index (χ3v) is 9.10. The van der Waals surface area contributed by atoms with Crippen LogP contribution < -0.4 is 5.32 Å². The number of piperidine rings is 1. The lowest BCUT2D eigenvalue weighted by molar-refractivity contribution is -0.162. The van der Waals surface area contributed by atoms with Crippen molar-refractivity contribution in [2.24, 2.45) is 0 Å². The monoisotopic (exact) mass is 567 g/mol. The van der Waals surface area contributed by atoms with E-state index in [4.69, 9.17) is 5.10 Å². The van der Waals surface area contributed by atoms with Crippen LogP contribution in [-0.2, 0) is 16.1 Å². The average Bonchev–Trinajstić information content (AvgIpc) is 3.22. The Kier molecular flexibility index (Phi) is 9.29. The van der Waals surface area contributed by atoms with E-state index in [1.165, 1.54) is 5.56 Å². The van der Waals surface area contributed by atoms with Gasteiger partial charge in [0.1, 0.15) is 11.6 Å². The lowest BCUT2D eigenvalue weighted by Gasteiger charge is -2.51. The number of hydrogen-bond acceptors (Lipinski definition) is 5. The van der Waals surface area contributed by atoms with Gasteiger partial charge in [0, 0.05) is 37.3 Å². The summed E-state index contributed by atoms with van der Waals surface area (Å²) in [4.78, 5) is 31.6. The molecule has 1 saturated carbocycles. The summed E-state index contributed by atoms with van der Waals surface area (Å²) in [6.45, 7) is 8.28. The first-order valence-electron chi connectivity index (χ1n) is 14.3. The van der Waals surface area contributed by atoms with Crippen molar-refractivity contribution in [2.75, 3.05) is 19.6 Å². The fourth-order valence-electron chi connectivity index (χ4n) is 6.72. The summed E-state index contributed by atoms with van der Waals surface area (Å²) in [5, 5.41) is 19.0. The zero-order valence-corrected chi connectivity index (χ0v) is 24.7. The number of halogens is 1. The number of amides is 2. The summed E-state index contributed by atoms with van der Waals surface area (Å²) >= 11 is 0. The van der Waals surface area contributed by atoms with Crippen LogP contribution in [0.15, 0.2) is 30.3 Å². The first-order chi connectivity index (χ1) is 18.8. The maximum atomic E-state index is 13.8. The number of aryl methyl sites for hydroxylation is 1. The van der Waals surface area contributed by atoms with E-state index in [1.54, 1.807) is 11.8 Å². The van der Waals surface area contributed by atoms with Crippen molar-refractivity contribution in [3.8, 4) is 17.5 Å². The van der Waals surface area contributed by atoms with Crippen LogP contribution in [0.1, 0.15) is 75.2 Å². The lowest BCUT2D eigenvalue weighted by atomic mass is 9.77. The van der Waals surface area contributed by atoms with E-state index >= 15 is 0 Å². The van der Waals surface area contributed by atoms with Gasteiger partial charge in [-0.05, 0) is 58.6 Å². The first kappa shape index (κ1) is 30.1. The Bertz CT molecular complexity index is 1270. The second-order valence-electron chi connectivity index (χ2n) is 11.6. The van der Waals surface area contributed by atoms with E-state index in [0.29, 0.717) is 38.8 Å². The molecule has 8 nitrogen and oxygen atoms in total. The van der Waals surface area contributed by atoms with Crippen LogP contribution in [0.2, 0.25) is 0 Å². The lowest BCUT2D eigenvalue weighted by Crippen LogP contribution is -2.73. The molecule has 1 atom stereocenters. The van der Waals surface area contributed by atoms with Crippen molar-refractivity contribution in [3.63, 3.8) is 0 Å². The maximum Gasteiger partial charge on any atom is 0.246 e. The topological polar surface area (TPSA) is 90.7 Å². The van der Waals surface area contributed by atoms with E-state index in [9.17, 15) is 14.7 Å². The van der Waals surface area contributed by atoms with Gasteiger partial charge >= 0.3 is 0 Å². The van der Waals surface area contributed by atoms with E-state index in [-0.39, 0.29) is 37.2 Å². The van der Waals surface area contributed by atoms with Gasteiger partial charge in [-0.25, -0.2) is 4.68 Å². The second-order valence-corrected chi connectivity index (χ2v) is 11.6. The van der Waals surface area contributed by atoms with E-state index < -0.39 is 17.2 Å². The van der Waals surface area contributed by atoms with Crippen LogP contribution in [0, 0.1) is 25.7 Å². The third kappa shape index (κ3) is 5.79. The molecule has 3 fully saturated rings. The molecule has 2 saturated heterocycles. The minimum Gasteiger partial charge on any atom is -0.390 e. The molecule has 9 heteroatoms. The number of para-hydroxylation sites is 1. The van der Waals surface area contributed by atoms with Crippen LogP contribution in [0.4, 0.5) is 0 Å². The number of likely N-dealkylation sites (tertiary alicyclic amines) is 1. The first-order valence-corrected chi connectivity index (χ1v) is 14.3. The molecule has 0 bridgehead atoms. The van der Waals surface area contributed by atoms with Gasteiger partial charge in [-0.15, -0.1) is 18.3 Å². The van der Waals surface area contributed by atoms with Crippen molar-refractivity contribution >= 4 is 24.2 Å². The van der Waals surface area contributed by atoms with Crippen LogP contribution >= 0.6 is 12.4 Å². The van der Waals surface area contributed by atoms with Gasteiger partial charge in [-0.1, -0.05) is 43.4 Å². The highest BCUT2D eigenvalue weighted by Gasteiger charge is 2.54. The maximum absolute atomic E-state index is 13.8. The molecule has 3 heterocycles. The Morgan fingerprint density at radius 2 is 1.73 bits per heavy atom. The molecule has 2 aromatic rings. The van der Waals surface area contributed by atoms with Crippen LogP contribution in [-0.4, -0.2) is 73.3 Å². The molecule has 2 aliphatic heterocycles. The van der Waals surface area contributed by atoms with E-state index in [0.717, 1.165) is 42.9 Å². The van der Waals surface area contributed by atoms with E-state index in [2.05, 4.69) is 41.1 Å². The number of rotatable bonds is 6.